The minimum Gasteiger partial charge on any atom is -0.301 e. The first-order chi connectivity index (χ1) is 7.95. The van der Waals surface area contributed by atoms with Crippen molar-refractivity contribution >= 4 is 0 Å². The molecule has 0 aliphatic heterocycles. The van der Waals surface area contributed by atoms with Gasteiger partial charge in [0.2, 0.25) is 0 Å². The Kier molecular flexibility index (Phi) is 5.94. The lowest BCUT2D eigenvalue weighted by Crippen LogP contribution is -2.37. The van der Waals surface area contributed by atoms with Gasteiger partial charge in [0.15, 0.2) is 0 Å². The summed E-state index contributed by atoms with van der Waals surface area (Å²) in [5.74, 6) is 1.51. The Labute approximate surface area is 107 Å². The van der Waals surface area contributed by atoms with E-state index in [0.717, 1.165) is 12.5 Å². The highest BCUT2D eigenvalue weighted by atomic mass is 16.6. The van der Waals surface area contributed by atoms with E-state index >= 15 is 0 Å². The van der Waals surface area contributed by atoms with E-state index in [1.54, 1.807) is 0 Å². The summed E-state index contributed by atoms with van der Waals surface area (Å²) in [4.78, 5) is 5.53. The number of hydrogen-bond donors (Lipinski definition) is 1. The highest BCUT2D eigenvalue weighted by Gasteiger charge is 2.31. The maximum Gasteiger partial charge on any atom is 0.0705 e. The molecule has 2 heteroatoms. The van der Waals surface area contributed by atoms with Gasteiger partial charge in [0, 0.05) is 6.04 Å². The van der Waals surface area contributed by atoms with Crippen molar-refractivity contribution in [1.29, 1.82) is 0 Å². The zero-order chi connectivity index (χ0) is 12.9. The van der Waals surface area contributed by atoms with E-state index in [4.69, 9.17) is 4.84 Å². The standard InChI is InChI=1S/C15H31NO/c1-6-15(4,5)13-7-9-14(10-8-13)16-17-11-12(2)3/h12-14,16H,6-11H2,1-5H3. The van der Waals surface area contributed by atoms with Gasteiger partial charge in [0.25, 0.3) is 0 Å². The molecule has 0 amide bonds. The SMILES string of the molecule is CCC(C)(C)C1CCC(NOCC(C)C)CC1. The van der Waals surface area contributed by atoms with Crippen LogP contribution in [0.25, 0.3) is 0 Å². The lowest BCUT2D eigenvalue weighted by molar-refractivity contribution is -0.0158. The maximum absolute atomic E-state index is 5.53. The van der Waals surface area contributed by atoms with Crippen LogP contribution in [0.5, 0.6) is 0 Å². The molecule has 1 saturated carbocycles. The van der Waals surface area contributed by atoms with Gasteiger partial charge in [-0.05, 0) is 42.9 Å². The third-order valence-electron chi connectivity index (χ3n) is 4.41. The van der Waals surface area contributed by atoms with Crippen LogP contribution in [0, 0.1) is 17.3 Å². The van der Waals surface area contributed by atoms with Gasteiger partial charge in [-0.2, -0.15) is 5.48 Å². The van der Waals surface area contributed by atoms with E-state index in [1.807, 2.05) is 0 Å². The molecule has 102 valence electrons. The molecule has 2 nitrogen and oxygen atoms in total. The van der Waals surface area contributed by atoms with Gasteiger partial charge >= 0.3 is 0 Å². The van der Waals surface area contributed by atoms with Gasteiger partial charge in [0.05, 0.1) is 6.61 Å². The first kappa shape index (κ1) is 15.0. The maximum atomic E-state index is 5.53. The molecule has 1 N–H and O–H groups in total. The number of rotatable bonds is 6. The van der Waals surface area contributed by atoms with Crippen molar-refractivity contribution in [2.75, 3.05) is 6.61 Å². The van der Waals surface area contributed by atoms with Crippen molar-refractivity contribution in [1.82, 2.24) is 5.48 Å². The molecule has 0 saturated heterocycles. The summed E-state index contributed by atoms with van der Waals surface area (Å²) in [6, 6.07) is 0.581. The van der Waals surface area contributed by atoms with Crippen molar-refractivity contribution in [3.8, 4) is 0 Å². The molecule has 0 aromatic rings. The lowest BCUT2D eigenvalue weighted by atomic mass is 9.69. The first-order valence-corrected chi connectivity index (χ1v) is 7.33. The van der Waals surface area contributed by atoms with Gasteiger partial charge < -0.3 is 4.84 Å². The van der Waals surface area contributed by atoms with Crippen molar-refractivity contribution in [2.24, 2.45) is 17.3 Å². The normalized spacial score (nSPS) is 26.5. The fourth-order valence-electron chi connectivity index (χ4n) is 2.61. The second-order valence-corrected chi connectivity index (χ2v) is 6.71. The monoisotopic (exact) mass is 241 g/mol. The van der Waals surface area contributed by atoms with Crippen LogP contribution in [0.15, 0.2) is 0 Å². The Hall–Kier alpha value is -0.0800. The summed E-state index contributed by atoms with van der Waals surface area (Å²) in [6.07, 6.45) is 6.53. The van der Waals surface area contributed by atoms with Crippen molar-refractivity contribution < 1.29 is 4.84 Å². The number of hydrogen-bond acceptors (Lipinski definition) is 2. The molecule has 0 atom stereocenters. The fraction of sp³-hybridized carbons (Fsp3) is 1.00. The Morgan fingerprint density at radius 3 is 2.24 bits per heavy atom. The summed E-state index contributed by atoms with van der Waals surface area (Å²) in [5, 5.41) is 0. The van der Waals surface area contributed by atoms with E-state index in [0.29, 0.717) is 17.4 Å². The first-order valence-electron chi connectivity index (χ1n) is 7.33. The second kappa shape index (κ2) is 6.75. The summed E-state index contributed by atoms with van der Waals surface area (Å²) >= 11 is 0. The van der Waals surface area contributed by atoms with E-state index in [1.165, 1.54) is 32.1 Å². The smallest absolute Gasteiger partial charge is 0.0705 e. The minimum atomic E-state index is 0.518. The molecule has 1 aliphatic carbocycles. The van der Waals surface area contributed by atoms with Crippen LogP contribution in [0.2, 0.25) is 0 Å². The third-order valence-corrected chi connectivity index (χ3v) is 4.41. The van der Waals surface area contributed by atoms with Gasteiger partial charge in [-0.1, -0.05) is 41.0 Å². The van der Waals surface area contributed by atoms with Crippen molar-refractivity contribution in [3.05, 3.63) is 0 Å². The average Bonchev–Trinajstić information content (AvgIpc) is 2.29. The van der Waals surface area contributed by atoms with Crippen LogP contribution in [0.4, 0.5) is 0 Å². The molecule has 0 aromatic carbocycles. The molecular weight excluding hydrogens is 210 g/mol. The van der Waals surface area contributed by atoms with E-state index in [2.05, 4.69) is 40.1 Å². The second-order valence-electron chi connectivity index (χ2n) is 6.71. The fourth-order valence-corrected chi connectivity index (χ4v) is 2.61. The molecule has 0 heterocycles. The van der Waals surface area contributed by atoms with Crippen LogP contribution in [-0.4, -0.2) is 12.6 Å². The van der Waals surface area contributed by atoms with Gasteiger partial charge in [0.1, 0.15) is 0 Å². The predicted molar refractivity (Wildman–Crippen MR) is 73.7 cm³/mol. The molecule has 0 unspecified atom stereocenters. The van der Waals surface area contributed by atoms with Crippen LogP contribution in [0.3, 0.4) is 0 Å². The van der Waals surface area contributed by atoms with Crippen LogP contribution in [0.1, 0.15) is 66.7 Å². The summed E-state index contributed by atoms with van der Waals surface area (Å²) < 4.78 is 0. The molecule has 1 aliphatic rings. The lowest BCUT2D eigenvalue weighted by Gasteiger charge is -2.38. The summed E-state index contributed by atoms with van der Waals surface area (Å²) in [7, 11) is 0. The largest absolute Gasteiger partial charge is 0.301 e. The Balaban J connectivity index is 2.22. The molecule has 17 heavy (non-hydrogen) atoms. The molecule has 0 radical (unpaired) electrons. The molecular formula is C15H31NO. The van der Waals surface area contributed by atoms with Gasteiger partial charge in [-0.3, -0.25) is 0 Å². The zero-order valence-corrected chi connectivity index (χ0v) is 12.4. The Morgan fingerprint density at radius 2 is 1.76 bits per heavy atom. The average molecular weight is 241 g/mol. The molecule has 0 bridgehead atoms. The zero-order valence-electron chi connectivity index (χ0n) is 12.4. The number of hydroxylamine groups is 1. The van der Waals surface area contributed by atoms with Crippen molar-refractivity contribution in [3.63, 3.8) is 0 Å². The van der Waals surface area contributed by atoms with E-state index < -0.39 is 0 Å². The summed E-state index contributed by atoms with van der Waals surface area (Å²) in [6.45, 7) is 12.3. The molecule has 1 fully saturated rings. The summed E-state index contributed by atoms with van der Waals surface area (Å²) in [5.41, 5.74) is 3.76. The van der Waals surface area contributed by atoms with Crippen LogP contribution < -0.4 is 5.48 Å². The highest BCUT2D eigenvalue weighted by molar-refractivity contribution is 4.83. The topological polar surface area (TPSA) is 21.3 Å². The third kappa shape index (κ3) is 4.97. The predicted octanol–water partition coefficient (Wildman–Crippen LogP) is 4.16. The molecule has 1 rings (SSSR count). The highest BCUT2D eigenvalue weighted by Crippen LogP contribution is 2.40. The van der Waals surface area contributed by atoms with Crippen LogP contribution >= 0.6 is 0 Å². The quantitative estimate of drug-likeness (QED) is 0.705. The molecule has 0 spiro atoms. The van der Waals surface area contributed by atoms with E-state index in [9.17, 15) is 0 Å². The van der Waals surface area contributed by atoms with E-state index in [-0.39, 0.29) is 0 Å². The Bertz CT molecular complexity index is 205. The minimum absolute atomic E-state index is 0.518. The molecule has 0 aromatic heterocycles. The van der Waals surface area contributed by atoms with Crippen LogP contribution in [-0.2, 0) is 4.84 Å². The van der Waals surface area contributed by atoms with Gasteiger partial charge in [-0.25, -0.2) is 0 Å². The number of nitrogens with one attached hydrogen (secondary N) is 1. The van der Waals surface area contributed by atoms with Crippen molar-refractivity contribution in [2.45, 2.75) is 72.8 Å². The van der Waals surface area contributed by atoms with Gasteiger partial charge in [-0.15, -0.1) is 0 Å². The Morgan fingerprint density at radius 1 is 1.18 bits per heavy atom.